The predicted octanol–water partition coefficient (Wildman–Crippen LogP) is 7.90. The number of para-hydroxylation sites is 1. The Bertz CT molecular complexity index is 1500. The molecule has 0 saturated heterocycles. The molecule has 0 aliphatic carbocycles. The second-order valence-electron chi connectivity index (χ2n) is 8.76. The molecule has 1 aliphatic rings. The third kappa shape index (κ3) is 3.29. The number of aromatic amines is 1. The van der Waals surface area contributed by atoms with Gasteiger partial charge in [0.25, 0.3) is 5.91 Å². The Hall–Kier alpha value is -3.63. The quantitative estimate of drug-likeness (QED) is 0.264. The first-order valence-electron chi connectivity index (χ1n) is 11.5. The lowest BCUT2D eigenvalue weighted by Gasteiger charge is -2.32. The predicted molar refractivity (Wildman–Crippen MR) is 141 cm³/mol. The van der Waals surface area contributed by atoms with Crippen LogP contribution in [0, 0.1) is 0 Å². The fourth-order valence-corrected chi connectivity index (χ4v) is 5.48. The number of amides is 1. The van der Waals surface area contributed by atoms with E-state index in [2.05, 4.69) is 93.4 Å². The first-order chi connectivity index (χ1) is 16.6. The Labute approximate surface area is 207 Å². The van der Waals surface area contributed by atoms with Gasteiger partial charge in [0.1, 0.15) is 0 Å². The zero-order chi connectivity index (χ0) is 23.2. The van der Waals surface area contributed by atoms with Gasteiger partial charge in [-0.1, -0.05) is 94.8 Å². The molecule has 0 saturated carbocycles. The van der Waals surface area contributed by atoms with Crippen LogP contribution in [-0.4, -0.2) is 15.8 Å². The molecular formula is C30H23BrN2O. The van der Waals surface area contributed by atoms with Crippen LogP contribution in [0.15, 0.2) is 108 Å². The molecule has 6 rings (SSSR count). The molecule has 1 N–H and O–H groups in total. The Morgan fingerprint density at radius 1 is 0.824 bits per heavy atom. The molecule has 34 heavy (non-hydrogen) atoms. The SMILES string of the molecule is CC(c1ccccc1)N1C(=O)c2ccccc2C1c1c(-c2ccc(Br)cc2)[nH]c2ccccc12. The number of H-pyrrole nitrogens is 1. The first kappa shape index (κ1) is 20.9. The fourth-order valence-electron chi connectivity index (χ4n) is 5.21. The lowest BCUT2D eigenvalue weighted by atomic mass is 9.92. The number of fused-ring (bicyclic) bond motifs is 2. The first-order valence-corrected chi connectivity index (χ1v) is 12.3. The normalized spacial score (nSPS) is 16.1. The largest absolute Gasteiger partial charge is 0.354 e. The van der Waals surface area contributed by atoms with Crippen LogP contribution in [0.2, 0.25) is 0 Å². The van der Waals surface area contributed by atoms with E-state index in [0.29, 0.717) is 0 Å². The van der Waals surface area contributed by atoms with E-state index < -0.39 is 0 Å². The third-order valence-electron chi connectivity index (χ3n) is 6.85. The number of hydrogen-bond acceptors (Lipinski definition) is 1. The highest BCUT2D eigenvalue weighted by Crippen LogP contribution is 2.48. The maximum Gasteiger partial charge on any atom is 0.255 e. The highest BCUT2D eigenvalue weighted by Gasteiger charge is 2.42. The molecule has 1 aromatic heterocycles. The number of nitrogens with one attached hydrogen (secondary N) is 1. The minimum Gasteiger partial charge on any atom is -0.354 e. The molecule has 0 radical (unpaired) electrons. The zero-order valence-corrected chi connectivity index (χ0v) is 20.3. The zero-order valence-electron chi connectivity index (χ0n) is 18.7. The average Bonchev–Trinajstić information content (AvgIpc) is 3.40. The van der Waals surface area contributed by atoms with Crippen LogP contribution in [-0.2, 0) is 0 Å². The Kier molecular flexibility index (Phi) is 5.11. The van der Waals surface area contributed by atoms with Crippen molar-refractivity contribution in [3.63, 3.8) is 0 Å². The van der Waals surface area contributed by atoms with E-state index in [1.54, 1.807) is 0 Å². The summed E-state index contributed by atoms with van der Waals surface area (Å²) in [6.45, 7) is 2.13. The standard InChI is InChI=1S/C30H23BrN2O/c1-19(20-9-3-2-4-10-20)33-29(23-11-5-6-12-24(23)30(33)34)27-25-13-7-8-14-26(25)32-28(27)21-15-17-22(31)18-16-21/h2-19,29,32H,1H3. The summed E-state index contributed by atoms with van der Waals surface area (Å²) in [5.41, 5.74) is 7.31. The van der Waals surface area contributed by atoms with E-state index >= 15 is 0 Å². The lowest BCUT2D eigenvalue weighted by molar-refractivity contribution is 0.0678. The van der Waals surface area contributed by atoms with Crippen molar-refractivity contribution in [1.29, 1.82) is 0 Å². The van der Waals surface area contributed by atoms with Crippen molar-refractivity contribution in [2.24, 2.45) is 0 Å². The second kappa shape index (κ2) is 8.30. The number of nitrogens with zero attached hydrogens (tertiary/aromatic N) is 1. The molecular weight excluding hydrogens is 484 g/mol. The number of benzene rings is 4. The highest BCUT2D eigenvalue weighted by atomic mass is 79.9. The fraction of sp³-hybridized carbons (Fsp3) is 0.100. The molecule has 1 aliphatic heterocycles. The van der Waals surface area contributed by atoms with Gasteiger partial charge in [-0.05, 0) is 47.9 Å². The van der Waals surface area contributed by atoms with Crippen LogP contribution in [0.4, 0.5) is 0 Å². The molecule has 0 spiro atoms. The summed E-state index contributed by atoms with van der Waals surface area (Å²) in [5.74, 6) is 0.0731. The van der Waals surface area contributed by atoms with Crippen LogP contribution in [0.5, 0.6) is 0 Å². The Balaban J connectivity index is 1.62. The summed E-state index contributed by atoms with van der Waals surface area (Å²) < 4.78 is 1.04. The topological polar surface area (TPSA) is 36.1 Å². The van der Waals surface area contributed by atoms with E-state index in [-0.39, 0.29) is 18.0 Å². The Morgan fingerprint density at radius 3 is 2.29 bits per heavy atom. The molecule has 3 nitrogen and oxygen atoms in total. The van der Waals surface area contributed by atoms with Crippen LogP contribution >= 0.6 is 15.9 Å². The van der Waals surface area contributed by atoms with Gasteiger partial charge in [0.05, 0.1) is 17.8 Å². The van der Waals surface area contributed by atoms with Crippen molar-refractivity contribution in [3.05, 3.63) is 130 Å². The molecule has 2 heterocycles. The molecule has 4 aromatic carbocycles. The molecule has 0 fully saturated rings. The molecule has 0 bridgehead atoms. The molecule has 2 unspecified atom stereocenters. The molecule has 166 valence electrons. The molecule has 1 amide bonds. The van der Waals surface area contributed by atoms with E-state index in [0.717, 1.165) is 48.9 Å². The molecule has 5 aromatic rings. The smallest absolute Gasteiger partial charge is 0.255 e. The van der Waals surface area contributed by atoms with E-state index in [1.165, 1.54) is 0 Å². The number of carbonyl (C=O) groups excluding carboxylic acids is 1. The van der Waals surface area contributed by atoms with Crippen LogP contribution in [0.25, 0.3) is 22.2 Å². The monoisotopic (exact) mass is 506 g/mol. The van der Waals surface area contributed by atoms with Gasteiger partial charge in [-0.25, -0.2) is 0 Å². The summed E-state index contributed by atoms with van der Waals surface area (Å²) >= 11 is 3.56. The number of rotatable bonds is 4. The highest BCUT2D eigenvalue weighted by molar-refractivity contribution is 9.10. The maximum atomic E-state index is 13.9. The van der Waals surface area contributed by atoms with Crippen molar-refractivity contribution in [2.45, 2.75) is 19.0 Å². The van der Waals surface area contributed by atoms with Crippen molar-refractivity contribution in [1.82, 2.24) is 9.88 Å². The minimum atomic E-state index is -0.200. The second-order valence-corrected chi connectivity index (χ2v) is 9.67. The summed E-state index contributed by atoms with van der Waals surface area (Å²) in [5, 5.41) is 1.14. The Morgan fingerprint density at radius 2 is 1.50 bits per heavy atom. The number of halogens is 1. The number of carbonyl (C=O) groups is 1. The maximum absolute atomic E-state index is 13.9. The summed E-state index contributed by atoms with van der Waals surface area (Å²) in [6.07, 6.45) is 0. The minimum absolute atomic E-state index is 0.0731. The van der Waals surface area contributed by atoms with Gasteiger partial charge in [0.15, 0.2) is 0 Å². The molecule has 4 heteroatoms. The van der Waals surface area contributed by atoms with Crippen LogP contribution in [0.1, 0.15) is 46.1 Å². The average molecular weight is 507 g/mol. The van der Waals surface area contributed by atoms with Gasteiger partial charge < -0.3 is 9.88 Å². The van der Waals surface area contributed by atoms with Gasteiger partial charge in [0, 0.05) is 26.5 Å². The lowest BCUT2D eigenvalue weighted by Crippen LogP contribution is -2.31. The van der Waals surface area contributed by atoms with Gasteiger partial charge in [0.2, 0.25) is 0 Å². The van der Waals surface area contributed by atoms with E-state index in [9.17, 15) is 4.79 Å². The number of hydrogen-bond donors (Lipinski definition) is 1. The van der Waals surface area contributed by atoms with Crippen molar-refractivity contribution in [2.75, 3.05) is 0 Å². The molecule has 2 atom stereocenters. The van der Waals surface area contributed by atoms with Gasteiger partial charge in [-0.2, -0.15) is 0 Å². The third-order valence-corrected chi connectivity index (χ3v) is 7.38. The van der Waals surface area contributed by atoms with E-state index in [1.807, 2.05) is 42.5 Å². The van der Waals surface area contributed by atoms with Crippen molar-refractivity contribution < 1.29 is 4.79 Å². The summed E-state index contributed by atoms with van der Waals surface area (Å²) in [4.78, 5) is 19.6. The van der Waals surface area contributed by atoms with Gasteiger partial charge in [-0.15, -0.1) is 0 Å². The van der Waals surface area contributed by atoms with Crippen molar-refractivity contribution >= 4 is 32.7 Å². The van der Waals surface area contributed by atoms with Crippen LogP contribution < -0.4 is 0 Å². The summed E-state index contributed by atoms with van der Waals surface area (Å²) in [6, 6.07) is 34.8. The van der Waals surface area contributed by atoms with Gasteiger partial charge in [-0.3, -0.25) is 4.79 Å². The summed E-state index contributed by atoms with van der Waals surface area (Å²) in [7, 11) is 0. The van der Waals surface area contributed by atoms with Crippen LogP contribution in [0.3, 0.4) is 0 Å². The van der Waals surface area contributed by atoms with E-state index in [4.69, 9.17) is 0 Å². The van der Waals surface area contributed by atoms with Crippen molar-refractivity contribution in [3.8, 4) is 11.3 Å². The van der Waals surface area contributed by atoms with Gasteiger partial charge >= 0.3 is 0 Å². The number of aromatic nitrogens is 1.